The summed E-state index contributed by atoms with van der Waals surface area (Å²) in [6.07, 6.45) is 0. The lowest BCUT2D eigenvalue weighted by Gasteiger charge is -2.25. The maximum Gasteiger partial charge on any atom is 0.143 e. The molecule has 0 bridgehead atoms. The van der Waals surface area contributed by atoms with Crippen molar-refractivity contribution in [3.63, 3.8) is 0 Å². The Morgan fingerprint density at radius 2 is 1.14 bits per heavy atom. The van der Waals surface area contributed by atoms with Gasteiger partial charge in [-0.1, -0.05) is 97.1 Å². The van der Waals surface area contributed by atoms with Gasteiger partial charge in [0.15, 0.2) is 0 Å². The van der Waals surface area contributed by atoms with Crippen LogP contribution in [0.4, 0.5) is 17.1 Å². The van der Waals surface area contributed by atoms with Crippen molar-refractivity contribution in [2.75, 3.05) is 4.90 Å². The Hall–Kier alpha value is -5.38. The summed E-state index contributed by atoms with van der Waals surface area (Å²) in [4.78, 5) is 2.30. The van der Waals surface area contributed by atoms with E-state index in [2.05, 4.69) is 157 Å². The summed E-state index contributed by atoms with van der Waals surface area (Å²) in [5, 5.41) is 7.24. The lowest BCUT2D eigenvalue weighted by atomic mass is 9.94. The second-order valence-corrected chi connectivity index (χ2v) is 12.0. The molecule has 9 rings (SSSR count). The fourth-order valence-corrected chi connectivity index (χ4v) is 7.74. The van der Waals surface area contributed by atoms with Crippen molar-refractivity contribution in [3.05, 3.63) is 152 Å². The molecular weight excluding hydrogens is 543 g/mol. The summed E-state index contributed by atoms with van der Waals surface area (Å²) in [5.74, 6) is 0. The highest BCUT2D eigenvalue weighted by Gasteiger charge is 2.21. The van der Waals surface area contributed by atoms with Gasteiger partial charge in [0.05, 0.1) is 0 Å². The third kappa shape index (κ3) is 3.79. The summed E-state index contributed by atoms with van der Waals surface area (Å²) < 4.78 is 9.40. The van der Waals surface area contributed by atoms with Gasteiger partial charge < -0.3 is 9.32 Å². The SMILES string of the molecule is c1ccc(N(c2ccccc2)c2ccc3oc4c(-c5cccc6c5sc5ccccc56)c5ccccc5cc4c3c2)cc1. The number of furan rings is 1. The fraction of sp³-hybridized carbons (Fsp3) is 0. The molecule has 7 aromatic carbocycles. The Kier molecular flexibility index (Phi) is 5.40. The molecule has 2 nitrogen and oxygen atoms in total. The summed E-state index contributed by atoms with van der Waals surface area (Å²) in [5.41, 5.74) is 7.52. The monoisotopic (exact) mass is 567 g/mol. The minimum Gasteiger partial charge on any atom is -0.455 e. The van der Waals surface area contributed by atoms with Gasteiger partial charge in [-0.25, -0.2) is 0 Å². The lowest BCUT2D eigenvalue weighted by Crippen LogP contribution is -2.09. The van der Waals surface area contributed by atoms with Crippen molar-refractivity contribution >= 4 is 81.3 Å². The number of hydrogen-bond acceptors (Lipinski definition) is 3. The molecular formula is C40H25NOS. The average molecular weight is 568 g/mol. The largest absolute Gasteiger partial charge is 0.455 e. The molecule has 0 unspecified atom stereocenters. The van der Waals surface area contributed by atoms with Gasteiger partial charge in [0.2, 0.25) is 0 Å². The summed E-state index contributed by atoms with van der Waals surface area (Å²) in [7, 11) is 0. The first-order chi connectivity index (χ1) is 21.3. The van der Waals surface area contributed by atoms with E-state index < -0.39 is 0 Å². The van der Waals surface area contributed by atoms with Crippen LogP contribution in [-0.2, 0) is 0 Å². The topological polar surface area (TPSA) is 16.4 Å². The highest BCUT2D eigenvalue weighted by Crippen LogP contribution is 2.47. The number of fused-ring (bicyclic) bond motifs is 7. The molecule has 0 atom stereocenters. The highest BCUT2D eigenvalue weighted by atomic mass is 32.1. The second-order valence-electron chi connectivity index (χ2n) is 10.9. The molecule has 2 heterocycles. The number of nitrogens with zero attached hydrogens (tertiary/aromatic N) is 1. The molecule has 2 aromatic heterocycles. The first-order valence-corrected chi connectivity index (χ1v) is 15.3. The van der Waals surface area contributed by atoms with E-state index in [1.807, 2.05) is 11.3 Å². The van der Waals surface area contributed by atoms with E-state index in [0.717, 1.165) is 44.6 Å². The van der Waals surface area contributed by atoms with E-state index in [0.29, 0.717) is 0 Å². The molecule has 0 saturated heterocycles. The van der Waals surface area contributed by atoms with Crippen molar-refractivity contribution in [2.24, 2.45) is 0 Å². The zero-order chi connectivity index (χ0) is 28.3. The lowest BCUT2D eigenvalue weighted by molar-refractivity contribution is 0.670. The van der Waals surface area contributed by atoms with Crippen LogP contribution in [0.1, 0.15) is 0 Å². The maximum atomic E-state index is 6.80. The van der Waals surface area contributed by atoms with Gasteiger partial charge in [0.1, 0.15) is 11.2 Å². The molecule has 0 saturated carbocycles. The van der Waals surface area contributed by atoms with Crippen molar-refractivity contribution in [1.82, 2.24) is 0 Å². The molecule has 43 heavy (non-hydrogen) atoms. The third-order valence-electron chi connectivity index (χ3n) is 8.43. The van der Waals surface area contributed by atoms with Crippen molar-refractivity contribution in [2.45, 2.75) is 0 Å². The highest BCUT2D eigenvalue weighted by molar-refractivity contribution is 7.26. The smallest absolute Gasteiger partial charge is 0.143 e. The minimum absolute atomic E-state index is 0.889. The Morgan fingerprint density at radius 1 is 0.465 bits per heavy atom. The van der Waals surface area contributed by atoms with Crippen molar-refractivity contribution in [3.8, 4) is 11.1 Å². The Labute approximate surface area is 252 Å². The van der Waals surface area contributed by atoms with Crippen LogP contribution in [0.2, 0.25) is 0 Å². The molecule has 3 heteroatoms. The molecule has 0 aliphatic heterocycles. The number of para-hydroxylation sites is 2. The molecule has 0 amide bonds. The summed E-state index contributed by atoms with van der Waals surface area (Å²) in [6.45, 7) is 0. The van der Waals surface area contributed by atoms with E-state index >= 15 is 0 Å². The number of hydrogen-bond donors (Lipinski definition) is 0. The van der Waals surface area contributed by atoms with E-state index in [-0.39, 0.29) is 0 Å². The van der Waals surface area contributed by atoms with Crippen LogP contribution in [0.3, 0.4) is 0 Å². The molecule has 202 valence electrons. The van der Waals surface area contributed by atoms with Gasteiger partial charge in [-0.15, -0.1) is 11.3 Å². The van der Waals surface area contributed by atoms with Crippen LogP contribution < -0.4 is 4.90 Å². The fourth-order valence-electron chi connectivity index (χ4n) is 6.51. The van der Waals surface area contributed by atoms with E-state index in [1.54, 1.807) is 0 Å². The third-order valence-corrected chi connectivity index (χ3v) is 9.65. The van der Waals surface area contributed by atoms with Crippen molar-refractivity contribution < 1.29 is 4.42 Å². The second kappa shape index (κ2) is 9.59. The van der Waals surface area contributed by atoms with Crippen LogP contribution >= 0.6 is 11.3 Å². The Morgan fingerprint density at radius 3 is 1.93 bits per heavy atom. The van der Waals surface area contributed by atoms with E-state index in [9.17, 15) is 0 Å². The molecule has 0 fully saturated rings. The summed E-state index contributed by atoms with van der Waals surface area (Å²) >= 11 is 1.86. The van der Waals surface area contributed by atoms with Crippen molar-refractivity contribution in [1.29, 1.82) is 0 Å². The van der Waals surface area contributed by atoms with Crippen LogP contribution in [0, 0.1) is 0 Å². The maximum absolute atomic E-state index is 6.80. The van der Waals surface area contributed by atoms with Gasteiger partial charge in [-0.05, 0) is 65.4 Å². The normalized spacial score (nSPS) is 11.7. The molecule has 0 spiro atoms. The standard InChI is InChI=1S/C40H25NOS/c1-3-13-27(14-4-1)41(28-15-5-2-6-16-28)29-22-23-36-34(25-29)35-24-26-12-7-8-17-30(26)38(39(35)42-36)33-20-11-19-32-31-18-9-10-21-37(31)43-40(32)33/h1-25H. The van der Waals surface area contributed by atoms with Gasteiger partial charge in [0.25, 0.3) is 0 Å². The van der Waals surface area contributed by atoms with Gasteiger partial charge in [0, 0.05) is 59.1 Å². The zero-order valence-electron chi connectivity index (χ0n) is 23.2. The van der Waals surface area contributed by atoms with Crippen LogP contribution in [0.5, 0.6) is 0 Å². The van der Waals surface area contributed by atoms with Gasteiger partial charge in [-0.2, -0.15) is 0 Å². The van der Waals surface area contributed by atoms with Gasteiger partial charge >= 0.3 is 0 Å². The molecule has 0 aliphatic carbocycles. The van der Waals surface area contributed by atoms with Crippen LogP contribution in [0.15, 0.2) is 156 Å². The minimum atomic E-state index is 0.889. The molecule has 0 radical (unpaired) electrons. The average Bonchev–Trinajstić information content (AvgIpc) is 3.63. The van der Waals surface area contributed by atoms with E-state index in [4.69, 9.17) is 4.42 Å². The van der Waals surface area contributed by atoms with E-state index in [1.165, 1.54) is 36.5 Å². The summed E-state index contributed by atoms with van der Waals surface area (Å²) in [6, 6.07) is 54.0. The zero-order valence-corrected chi connectivity index (χ0v) is 24.0. The predicted molar refractivity (Wildman–Crippen MR) is 184 cm³/mol. The predicted octanol–water partition coefficient (Wildman–Crippen LogP) is 12.2. The van der Waals surface area contributed by atoms with Gasteiger partial charge in [-0.3, -0.25) is 0 Å². The van der Waals surface area contributed by atoms with Crippen LogP contribution in [0.25, 0.3) is 64.0 Å². The Bertz CT molecular complexity index is 2420. The number of thiophene rings is 1. The van der Waals surface area contributed by atoms with Crippen LogP contribution in [-0.4, -0.2) is 0 Å². The first kappa shape index (κ1) is 24.2. The number of benzene rings is 7. The molecule has 9 aromatic rings. The quantitative estimate of drug-likeness (QED) is 0.210. The first-order valence-electron chi connectivity index (χ1n) is 14.5. The molecule has 0 aliphatic rings. The number of anilines is 3. The molecule has 0 N–H and O–H groups in total. The Balaban J connectivity index is 1.34. The number of rotatable bonds is 4.